The van der Waals surface area contributed by atoms with E-state index >= 15 is 0 Å². The molecule has 0 bridgehead atoms. The lowest BCUT2D eigenvalue weighted by molar-refractivity contribution is -0.385. The number of carbonyl (C=O) groups excluding carboxylic acids is 1. The second kappa shape index (κ2) is 12.4. The van der Waals surface area contributed by atoms with Crippen LogP contribution in [0.3, 0.4) is 0 Å². The van der Waals surface area contributed by atoms with Gasteiger partial charge in [0, 0.05) is 62.6 Å². The maximum atomic E-state index is 13.1. The van der Waals surface area contributed by atoms with Crippen molar-refractivity contribution in [1.82, 2.24) is 24.4 Å². The number of hydrogen-bond donors (Lipinski definition) is 1. The molecule has 0 saturated carbocycles. The van der Waals surface area contributed by atoms with Gasteiger partial charge in [0.1, 0.15) is 0 Å². The van der Waals surface area contributed by atoms with Gasteiger partial charge in [-0.15, -0.1) is 0 Å². The Hall–Kier alpha value is -5.92. The Labute approximate surface area is 257 Å². The summed E-state index contributed by atoms with van der Waals surface area (Å²) >= 11 is 0. The molecule has 1 aliphatic heterocycles. The first kappa shape index (κ1) is 29.2. The van der Waals surface area contributed by atoms with Gasteiger partial charge in [-0.05, 0) is 30.2 Å². The molecule has 0 aliphatic carbocycles. The molecule has 0 atom stereocenters. The fourth-order valence-corrected chi connectivity index (χ4v) is 5.14. The monoisotopic (exact) mass is 607 g/mol. The van der Waals surface area contributed by atoms with Crippen LogP contribution in [-0.2, 0) is 13.1 Å². The summed E-state index contributed by atoms with van der Waals surface area (Å²) in [5, 5.41) is 25.5. The molecule has 228 valence electrons. The number of nitro benzene ring substituents is 2. The van der Waals surface area contributed by atoms with Crippen molar-refractivity contribution < 1.29 is 14.6 Å². The fourth-order valence-electron chi connectivity index (χ4n) is 5.14. The lowest BCUT2D eigenvalue weighted by Crippen LogP contribution is -2.49. The number of aryl methyl sites for hydroxylation is 1. The average Bonchev–Trinajstić information content (AvgIpc) is 3.47. The predicted octanol–water partition coefficient (Wildman–Crippen LogP) is 4.57. The molecular formula is C31H29N9O5. The van der Waals surface area contributed by atoms with Gasteiger partial charge in [-0.25, -0.2) is 4.98 Å². The number of nitrogens with one attached hydrogen (secondary N) is 1. The number of non-ortho nitro benzene ring substituents is 2. The van der Waals surface area contributed by atoms with E-state index in [1.54, 1.807) is 23.4 Å². The molecule has 45 heavy (non-hydrogen) atoms. The lowest BCUT2D eigenvalue weighted by Gasteiger charge is -2.35. The number of nitro groups is 2. The Morgan fingerprint density at radius 2 is 1.42 bits per heavy atom. The number of piperazine rings is 1. The summed E-state index contributed by atoms with van der Waals surface area (Å²) in [5.41, 5.74) is 4.65. The maximum absolute atomic E-state index is 13.1. The molecular weight excluding hydrogens is 578 g/mol. The van der Waals surface area contributed by atoms with Gasteiger partial charge in [0.25, 0.3) is 17.3 Å². The molecule has 1 aliphatic rings. The van der Waals surface area contributed by atoms with E-state index in [4.69, 9.17) is 9.97 Å². The number of amides is 1. The second-order valence-corrected chi connectivity index (χ2v) is 10.8. The van der Waals surface area contributed by atoms with E-state index in [1.165, 1.54) is 42.0 Å². The van der Waals surface area contributed by atoms with Crippen molar-refractivity contribution in [2.45, 2.75) is 20.0 Å². The minimum atomic E-state index is -0.494. The number of anilines is 2. The van der Waals surface area contributed by atoms with Crippen LogP contribution in [0.15, 0.2) is 79.1 Å². The van der Waals surface area contributed by atoms with E-state index in [0.717, 1.165) is 11.1 Å². The molecule has 14 nitrogen and oxygen atoms in total. The number of aromatic nitrogens is 4. The summed E-state index contributed by atoms with van der Waals surface area (Å²) in [4.78, 5) is 52.3. The first-order valence-electron chi connectivity index (χ1n) is 14.3. The van der Waals surface area contributed by atoms with Crippen molar-refractivity contribution in [3.8, 4) is 0 Å². The average molecular weight is 608 g/mol. The smallest absolute Gasteiger partial charge is 0.269 e. The van der Waals surface area contributed by atoms with Crippen molar-refractivity contribution in [1.29, 1.82) is 0 Å². The van der Waals surface area contributed by atoms with Crippen molar-refractivity contribution >= 4 is 40.2 Å². The first-order valence-corrected chi connectivity index (χ1v) is 14.3. The van der Waals surface area contributed by atoms with Crippen LogP contribution in [-0.4, -0.2) is 66.4 Å². The van der Waals surface area contributed by atoms with E-state index in [0.29, 0.717) is 67.8 Å². The Morgan fingerprint density at radius 3 is 2.04 bits per heavy atom. The zero-order valence-corrected chi connectivity index (χ0v) is 24.4. The van der Waals surface area contributed by atoms with Gasteiger partial charge in [0.15, 0.2) is 17.0 Å². The molecule has 2 aromatic heterocycles. The Bertz CT molecular complexity index is 1870. The lowest BCUT2D eigenvalue weighted by atomic mass is 10.1. The molecule has 1 saturated heterocycles. The highest BCUT2D eigenvalue weighted by Gasteiger charge is 2.25. The topological polar surface area (TPSA) is 165 Å². The van der Waals surface area contributed by atoms with E-state index in [-0.39, 0.29) is 17.3 Å². The summed E-state index contributed by atoms with van der Waals surface area (Å²) in [7, 11) is 0. The van der Waals surface area contributed by atoms with Crippen LogP contribution in [0.4, 0.5) is 23.1 Å². The predicted molar refractivity (Wildman–Crippen MR) is 167 cm³/mol. The van der Waals surface area contributed by atoms with Crippen LogP contribution in [0.5, 0.6) is 0 Å². The van der Waals surface area contributed by atoms with Gasteiger partial charge in [-0.1, -0.05) is 42.0 Å². The molecule has 0 radical (unpaired) electrons. The van der Waals surface area contributed by atoms with Crippen LogP contribution >= 0.6 is 0 Å². The Kier molecular flexibility index (Phi) is 8.01. The number of fused-ring (bicyclic) bond motifs is 1. The third-order valence-electron chi connectivity index (χ3n) is 7.71. The van der Waals surface area contributed by atoms with Crippen molar-refractivity contribution in [3.05, 3.63) is 122 Å². The minimum Gasteiger partial charge on any atom is -0.364 e. The molecule has 3 heterocycles. The Balaban J connectivity index is 1.24. The third kappa shape index (κ3) is 6.39. The van der Waals surface area contributed by atoms with Crippen molar-refractivity contribution in [2.75, 3.05) is 36.4 Å². The summed E-state index contributed by atoms with van der Waals surface area (Å²) in [5.74, 6) is 0.867. The van der Waals surface area contributed by atoms with Gasteiger partial charge < -0.3 is 19.7 Å². The van der Waals surface area contributed by atoms with E-state index in [2.05, 4.69) is 22.4 Å². The van der Waals surface area contributed by atoms with Gasteiger partial charge in [0.2, 0.25) is 5.95 Å². The molecule has 0 spiro atoms. The summed E-state index contributed by atoms with van der Waals surface area (Å²) in [6.07, 6.45) is 1.68. The first-order chi connectivity index (χ1) is 21.7. The van der Waals surface area contributed by atoms with Crippen LogP contribution in [0.2, 0.25) is 0 Å². The summed E-state index contributed by atoms with van der Waals surface area (Å²) in [6.45, 7) is 4.78. The maximum Gasteiger partial charge on any atom is 0.269 e. The normalized spacial score (nSPS) is 13.2. The van der Waals surface area contributed by atoms with Crippen LogP contribution in [0, 0.1) is 27.2 Å². The minimum absolute atomic E-state index is 0.0210. The molecule has 3 aromatic carbocycles. The third-order valence-corrected chi connectivity index (χ3v) is 7.71. The van der Waals surface area contributed by atoms with E-state index < -0.39 is 9.85 Å². The second-order valence-electron chi connectivity index (χ2n) is 10.8. The van der Waals surface area contributed by atoms with Gasteiger partial charge >= 0.3 is 0 Å². The molecule has 0 unspecified atom stereocenters. The molecule has 6 rings (SSSR count). The summed E-state index contributed by atoms with van der Waals surface area (Å²) < 4.78 is 1.88. The fraction of sp³-hybridized carbons (Fsp3) is 0.226. The van der Waals surface area contributed by atoms with Crippen molar-refractivity contribution in [3.63, 3.8) is 0 Å². The number of imidazole rings is 1. The number of nitrogens with zero attached hydrogens (tertiary/aromatic N) is 8. The number of benzene rings is 3. The zero-order valence-electron chi connectivity index (χ0n) is 24.4. The molecule has 5 aromatic rings. The molecule has 1 N–H and O–H groups in total. The van der Waals surface area contributed by atoms with E-state index in [9.17, 15) is 25.0 Å². The highest BCUT2D eigenvalue weighted by Crippen LogP contribution is 2.26. The van der Waals surface area contributed by atoms with Gasteiger partial charge in [0.05, 0.1) is 22.7 Å². The zero-order chi connectivity index (χ0) is 31.5. The number of carbonyl (C=O) groups is 1. The number of rotatable bonds is 9. The standard InChI is InChI=1S/C31H29N9O5/c1-21-2-4-22(5-3-21)18-32-28-27-29(38(20-33-27)19-23-6-10-25(11-7-23)39(42)43)35-31(34-28)37-16-14-36(15-17-37)30(41)24-8-12-26(13-9-24)40(44)45/h2-13,20H,14-19H2,1H3,(H,32,34,35). The van der Waals surface area contributed by atoms with Crippen LogP contribution < -0.4 is 10.2 Å². The van der Waals surface area contributed by atoms with Gasteiger partial charge in [-0.2, -0.15) is 9.97 Å². The summed E-state index contributed by atoms with van der Waals surface area (Å²) in [6, 6.07) is 20.2. The number of hydrogen-bond acceptors (Lipinski definition) is 10. The van der Waals surface area contributed by atoms with Crippen molar-refractivity contribution in [2.24, 2.45) is 0 Å². The van der Waals surface area contributed by atoms with Gasteiger partial charge in [-0.3, -0.25) is 25.0 Å². The Morgan fingerprint density at radius 1 is 0.822 bits per heavy atom. The van der Waals surface area contributed by atoms with E-state index in [1.807, 2.05) is 28.5 Å². The quantitative estimate of drug-likeness (QED) is 0.185. The molecule has 14 heteroatoms. The van der Waals surface area contributed by atoms with Crippen LogP contribution in [0.1, 0.15) is 27.0 Å². The highest BCUT2D eigenvalue weighted by atomic mass is 16.6. The molecule has 1 amide bonds. The van der Waals surface area contributed by atoms with Crippen LogP contribution in [0.25, 0.3) is 11.2 Å². The largest absolute Gasteiger partial charge is 0.364 e. The highest BCUT2D eigenvalue weighted by molar-refractivity contribution is 5.94. The SMILES string of the molecule is Cc1ccc(CNc2nc(N3CCN(C(=O)c4ccc([N+](=O)[O-])cc4)CC3)nc3c2ncn3Cc2ccc([N+](=O)[O-])cc2)cc1. The molecule has 1 fully saturated rings.